The van der Waals surface area contributed by atoms with E-state index in [1.807, 2.05) is 0 Å². The fraction of sp³-hybridized carbons (Fsp3) is 0.440. The molecule has 1 unspecified atom stereocenters. The van der Waals surface area contributed by atoms with Gasteiger partial charge in [-0.25, -0.2) is 9.97 Å². The highest BCUT2D eigenvalue weighted by Gasteiger charge is 2.18. The molecule has 1 aromatic heterocycles. The molecule has 0 saturated carbocycles. The number of fused-ring (bicyclic) bond motifs is 1. The first-order valence-corrected chi connectivity index (χ1v) is 10.7. The lowest BCUT2D eigenvalue weighted by atomic mass is 9.88. The molecule has 1 atom stereocenters. The van der Waals surface area contributed by atoms with E-state index in [1.54, 1.807) is 6.33 Å². The third kappa shape index (κ3) is 4.07. The first-order chi connectivity index (χ1) is 13.7. The molecule has 4 nitrogen and oxygen atoms in total. The number of anilines is 2. The fourth-order valence-electron chi connectivity index (χ4n) is 4.33. The lowest BCUT2D eigenvalue weighted by molar-refractivity contribution is 0.717. The second kappa shape index (κ2) is 8.40. The lowest BCUT2D eigenvalue weighted by Gasteiger charge is -2.19. The van der Waals surface area contributed by atoms with E-state index in [9.17, 15) is 0 Å². The third-order valence-electron chi connectivity index (χ3n) is 5.83. The van der Waals surface area contributed by atoms with Crippen LogP contribution in [0.3, 0.4) is 0 Å². The Bertz CT molecular complexity index is 1020. The number of hydrogen-bond acceptors (Lipinski definition) is 4. The number of benzene rings is 2. The van der Waals surface area contributed by atoms with Gasteiger partial charge < -0.3 is 11.5 Å². The van der Waals surface area contributed by atoms with Crippen LogP contribution in [-0.4, -0.2) is 9.97 Å². The van der Waals surface area contributed by atoms with Crippen molar-refractivity contribution >= 4 is 22.1 Å². The number of nitrogen functional groups attached to an aromatic ring is 2. The van der Waals surface area contributed by atoms with Crippen LogP contribution in [0.15, 0.2) is 30.6 Å². The highest BCUT2D eigenvalue weighted by Crippen LogP contribution is 2.35. The molecule has 0 radical (unpaired) electrons. The normalized spacial score (nSPS) is 12.8. The van der Waals surface area contributed by atoms with Crippen LogP contribution in [0.4, 0.5) is 11.4 Å². The van der Waals surface area contributed by atoms with Crippen LogP contribution in [0.2, 0.25) is 0 Å². The van der Waals surface area contributed by atoms with Gasteiger partial charge >= 0.3 is 0 Å². The Kier molecular flexibility index (Phi) is 6.11. The lowest BCUT2D eigenvalue weighted by Crippen LogP contribution is -2.10. The third-order valence-corrected chi connectivity index (χ3v) is 5.83. The van der Waals surface area contributed by atoms with Gasteiger partial charge in [-0.2, -0.15) is 0 Å². The molecule has 0 aliphatic rings. The Morgan fingerprint density at radius 1 is 0.862 bits per heavy atom. The van der Waals surface area contributed by atoms with Crippen LogP contribution in [0.25, 0.3) is 10.8 Å². The summed E-state index contributed by atoms with van der Waals surface area (Å²) in [6.07, 6.45) is 3.47. The van der Waals surface area contributed by atoms with Crippen molar-refractivity contribution in [3.05, 3.63) is 58.7 Å². The smallest absolute Gasteiger partial charge is 0.116 e. The Morgan fingerprint density at radius 3 is 2.17 bits per heavy atom. The van der Waals surface area contributed by atoms with E-state index in [1.165, 1.54) is 27.5 Å². The first-order valence-electron chi connectivity index (χ1n) is 10.7. The second-order valence-electron chi connectivity index (χ2n) is 8.74. The summed E-state index contributed by atoms with van der Waals surface area (Å²) in [6, 6.07) is 9.00. The standard InChI is InChI=1S/C25H34N4/c1-7-18-12-19-11-17(8-9-20(19)21(14(2)3)22(18)26)10-16(6)25-23(27)24(15(4)5)28-13-29-25/h8-9,11-16H,7,10,26-27H2,1-6H3. The van der Waals surface area contributed by atoms with Crippen LogP contribution in [0, 0.1) is 0 Å². The van der Waals surface area contributed by atoms with E-state index in [2.05, 4.69) is 75.8 Å². The molecular weight excluding hydrogens is 356 g/mol. The number of hydrogen-bond donors (Lipinski definition) is 2. The van der Waals surface area contributed by atoms with Crippen molar-refractivity contribution in [2.45, 2.75) is 72.1 Å². The topological polar surface area (TPSA) is 77.8 Å². The summed E-state index contributed by atoms with van der Waals surface area (Å²) in [5, 5.41) is 2.53. The summed E-state index contributed by atoms with van der Waals surface area (Å²) in [4.78, 5) is 8.88. The van der Waals surface area contributed by atoms with E-state index < -0.39 is 0 Å². The summed E-state index contributed by atoms with van der Waals surface area (Å²) in [5.41, 5.74) is 20.2. The maximum Gasteiger partial charge on any atom is 0.116 e. The summed E-state index contributed by atoms with van der Waals surface area (Å²) < 4.78 is 0. The number of nitrogens with zero attached hydrogens (tertiary/aromatic N) is 2. The highest BCUT2D eigenvalue weighted by molar-refractivity contribution is 5.92. The number of aryl methyl sites for hydroxylation is 1. The molecule has 4 N–H and O–H groups in total. The van der Waals surface area contributed by atoms with Gasteiger partial charge in [0.05, 0.1) is 17.1 Å². The van der Waals surface area contributed by atoms with Crippen LogP contribution in [-0.2, 0) is 12.8 Å². The van der Waals surface area contributed by atoms with Crippen molar-refractivity contribution in [2.24, 2.45) is 0 Å². The van der Waals surface area contributed by atoms with E-state index in [0.29, 0.717) is 5.92 Å². The zero-order chi connectivity index (χ0) is 21.3. The maximum absolute atomic E-state index is 6.48. The van der Waals surface area contributed by atoms with E-state index in [0.717, 1.165) is 35.6 Å². The van der Waals surface area contributed by atoms with Gasteiger partial charge in [-0.3, -0.25) is 0 Å². The minimum absolute atomic E-state index is 0.219. The zero-order valence-electron chi connectivity index (χ0n) is 18.6. The predicted octanol–water partition coefficient (Wildman–Crippen LogP) is 5.95. The number of aromatic nitrogens is 2. The predicted molar refractivity (Wildman–Crippen MR) is 124 cm³/mol. The van der Waals surface area contributed by atoms with Crippen molar-refractivity contribution in [1.82, 2.24) is 9.97 Å². The van der Waals surface area contributed by atoms with Crippen molar-refractivity contribution in [1.29, 1.82) is 0 Å². The number of nitrogens with two attached hydrogens (primary N) is 2. The summed E-state index contributed by atoms with van der Waals surface area (Å²) in [5.74, 6) is 0.901. The molecule has 0 bridgehead atoms. The monoisotopic (exact) mass is 390 g/mol. The molecule has 0 fully saturated rings. The molecule has 0 aliphatic carbocycles. The van der Waals surface area contributed by atoms with Gasteiger partial charge in [0.15, 0.2) is 0 Å². The molecule has 0 spiro atoms. The molecule has 0 saturated heterocycles. The minimum atomic E-state index is 0.219. The molecule has 4 heteroatoms. The average molecular weight is 391 g/mol. The Balaban J connectivity index is 1.99. The molecule has 3 aromatic rings. The molecule has 1 heterocycles. The van der Waals surface area contributed by atoms with Gasteiger partial charge in [-0.05, 0) is 58.2 Å². The van der Waals surface area contributed by atoms with E-state index in [-0.39, 0.29) is 11.8 Å². The van der Waals surface area contributed by atoms with Crippen molar-refractivity contribution < 1.29 is 0 Å². The van der Waals surface area contributed by atoms with Gasteiger partial charge in [0.1, 0.15) is 6.33 Å². The summed E-state index contributed by atoms with van der Waals surface area (Å²) in [7, 11) is 0. The average Bonchev–Trinajstić information content (AvgIpc) is 2.67. The van der Waals surface area contributed by atoms with Crippen molar-refractivity contribution in [3.8, 4) is 0 Å². The minimum Gasteiger partial charge on any atom is -0.398 e. The van der Waals surface area contributed by atoms with Crippen LogP contribution in [0.1, 0.15) is 87.4 Å². The van der Waals surface area contributed by atoms with Crippen molar-refractivity contribution in [3.63, 3.8) is 0 Å². The Hall–Kier alpha value is -2.62. The molecular formula is C25H34N4. The molecule has 2 aromatic carbocycles. The van der Waals surface area contributed by atoms with Crippen LogP contribution in [0.5, 0.6) is 0 Å². The molecule has 29 heavy (non-hydrogen) atoms. The van der Waals surface area contributed by atoms with E-state index in [4.69, 9.17) is 11.5 Å². The molecule has 0 aliphatic heterocycles. The van der Waals surface area contributed by atoms with Gasteiger partial charge in [-0.1, -0.05) is 59.7 Å². The SMILES string of the molecule is CCc1cc2cc(CC(C)c3ncnc(C(C)C)c3N)ccc2c(C(C)C)c1N. The second-order valence-corrected chi connectivity index (χ2v) is 8.74. The van der Waals surface area contributed by atoms with Gasteiger partial charge in [0, 0.05) is 11.6 Å². The van der Waals surface area contributed by atoms with Crippen LogP contribution < -0.4 is 11.5 Å². The summed E-state index contributed by atoms with van der Waals surface area (Å²) >= 11 is 0. The quantitative estimate of drug-likeness (QED) is 0.510. The van der Waals surface area contributed by atoms with Crippen LogP contribution >= 0.6 is 0 Å². The highest BCUT2D eigenvalue weighted by atomic mass is 14.9. The largest absolute Gasteiger partial charge is 0.398 e. The Labute approximate surface area is 174 Å². The summed E-state index contributed by atoms with van der Waals surface area (Å²) in [6.45, 7) is 13.0. The fourth-order valence-corrected chi connectivity index (χ4v) is 4.33. The zero-order valence-corrected chi connectivity index (χ0v) is 18.6. The van der Waals surface area contributed by atoms with Gasteiger partial charge in [-0.15, -0.1) is 0 Å². The van der Waals surface area contributed by atoms with Gasteiger partial charge in [0.2, 0.25) is 0 Å². The molecule has 154 valence electrons. The van der Waals surface area contributed by atoms with E-state index >= 15 is 0 Å². The maximum atomic E-state index is 6.48. The van der Waals surface area contributed by atoms with Gasteiger partial charge in [0.25, 0.3) is 0 Å². The van der Waals surface area contributed by atoms with Crippen molar-refractivity contribution in [2.75, 3.05) is 11.5 Å². The molecule has 0 amide bonds. The first kappa shape index (κ1) is 21.1. The molecule has 3 rings (SSSR count). The Morgan fingerprint density at radius 2 is 1.55 bits per heavy atom. The number of rotatable bonds is 6.